The van der Waals surface area contributed by atoms with Crippen LogP contribution in [-0.2, 0) is 4.79 Å². The predicted molar refractivity (Wildman–Crippen MR) is 102 cm³/mol. The molecule has 0 aliphatic rings. The van der Waals surface area contributed by atoms with Crippen LogP contribution in [0.4, 0.5) is 11.4 Å². The van der Waals surface area contributed by atoms with Crippen molar-refractivity contribution >= 4 is 17.3 Å². The van der Waals surface area contributed by atoms with Gasteiger partial charge in [-0.25, -0.2) is 0 Å². The van der Waals surface area contributed by atoms with Gasteiger partial charge in [0.2, 0.25) is 5.91 Å². The fourth-order valence-electron chi connectivity index (χ4n) is 2.17. The number of amides is 1. The molecule has 0 aromatic heterocycles. The summed E-state index contributed by atoms with van der Waals surface area (Å²) in [6.45, 7) is 5.25. The van der Waals surface area contributed by atoms with Crippen molar-refractivity contribution in [3.05, 3.63) is 48.5 Å². The van der Waals surface area contributed by atoms with Crippen LogP contribution in [0.5, 0.6) is 11.5 Å². The van der Waals surface area contributed by atoms with Gasteiger partial charge >= 0.3 is 0 Å². The molecule has 0 bridgehead atoms. The van der Waals surface area contributed by atoms with E-state index in [1.807, 2.05) is 42.5 Å². The smallest absolute Gasteiger partial charge is 0.243 e. The number of benzene rings is 2. The second-order valence-electron chi connectivity index (χ2n) is 6.19. The molecule has 0 saturated carbocycles. The maximum Gasteiger partial charge on any atom is 0.243 e. The van der Waals surface area contributed by atoms with Crippen LogP contribution in [0, 0.1) is 5.92 Å². The van der Waals surface area contributed by atoms with Gasteiger partial charge in [-0.15, -0.1) is 0 Å². The Bertz CT molecular complexity index is 669. The number of hydrogen-bond donors (Lipinski definition) is 2. The molecule has 2 rings (SSSR count). The first-order chi connectivity index (χ1) is 12.1. The molecule has 2 aromatic rings. The second kappa shape index (κ2) is 9.57. The summed E-state index contributed by atoms with van der Waals surface area (Å²) in [4.78, 5) is 12.0. The lowest BCUT2D eigenvalue weighted by molar-refractivity contribution is -0.114. The largest absolute Gasteiger partial charge is 0.497 e. The quantitative estimate of drug-likeness (QED) is 0.718. The normalized spacial score (nSPS) is 10.4. The molecule has 2 N–H and O–H groups in total. The van der Waals surface area contributed by atoms with Crippen LogP contribution < -0.4 is 20.1 Å². The lowest BCUT2D eigenvalue weighted by Gasteiger charge is -2.10. The number of methoxy groups -OCH3 is 1. The van der Waals surface area contributed by atoms with Gasteiger partial charge in [0.15, 0.2) is 0 Å². The third kappa shape index (κ3) is 6.75. The maximum atomic E-state index is 12.0. The summed E-state index contributed by atoms with van der Waals surface area (Å²) < 4.78 is 10.8. The highest BCUT2D eigenvalue weighted by Crippen LogP contribution is 2.18. The minimum Gasteiger partial charge on any atom is -0.497 e. The summed E-state index contributed by atoms with van der Waals surface area (Å²) in [5, 5.41) is 5.93. The molecule has 1 amide bonds. The third-order valence-corrected chi connectivity index (χ3v) is 3.62. The zero-order chi connectivity index (χ0) is 18.1. The Morgan fingerprint density at radius 2 is 1.80 bits per heavy atom. The molecule has 134 valence electrons. The van der Waals surface area contributed by atoms with Gasteiger partial charge in [0, 0.05) is 17.4 Å². The number of hydrogen-bond acceptors (Lipinski definition) is 4. The van der Waals surface area contributed by atoms with Gasteiger partial charge in [-0.2, -0.15) is 0 Å². The summed E-state index contributed by atoms with van der Waals surface area (Å²) in [5.74, 6) is 2.06. The van der Waals surface area contributed by atoms with Crippen LogP contribution in [0.2, 0.25) is 0 Å². The van der Waals surface area contributed by atoms with Gasteiger partial charge in [0.05, 0.1) is 20.3 Å². The first kappa shape index (κ1) is 18.6. The van der Waals surface area contributed by atoms with E-state index in [9.17, 15) is 4.79 Å². The Morgan fingerprint density at radius 3 is 2.48 bits per heavy atom. The lowest BCUT2D eigenvalue weighted by atomic mass is 10.1. The van der Waals surface area contributed by atoms with Crippen LogP contribution >= 0.6 is 0 Å². The standard InChI is InChI=1S/C20H26N2O3/c1-15(2)11-12-25-18-9-7-16(8-10-18)21-14-20(23)22-17-5-4-6-19(13-17)24-3/h4-10,13,15,21H,11-12,14H2,1-3H3,(H,22,23). The van der Waals surface area contributed by atoms with Gasteiger partial charge in [0.25, 0.3) is 0 Å². The van der Waals surface area contributed by atoms with Crippen molar-refractivity contribution in [2.75, 3.05) is 30.9 Å². The Hall–Kier alpha value is -2.69. The first-order valence-electron chi connectivity index (χ1n) is 8.47. The van der Waals surface area contributed by atoms with Crippen molar-refractivity contribution in [1.82, 2.24) is 0 Å². The lowest BCUT2D eigenvalue weighted by Crippen LogP contribution is -2.21. The molecule has 0 atom stereocenters. The average molecular weight is 342 g/mol. The van der Waals surface area contributed by atoms with Crippen molar-refractivity contribution in [3.63, 3.8) is 0 Å². The number of carbonyl (C=O) groups is 1. The Balaban J connectivity index is 1.77. The highest BCUT2D eigenvalue weighted by Gasteiger charge is 2.04. The molecule has 2 aromatic carbocycles. The Kier molecular flexibility index (Phi) is 7.14. The van der Waals surface area contributed by atoms with E-state index in [0.717, 1.165) is 17.9 Å². The minimum atomic E-state index is -0.120. The van der Waals surface area contributed by atoms with E-state index >= 15 is 0 Å². The predicted octanol–water partition coefficient (Wildman–Crippen LogP) is 4.17. The molecule has 0 aliphatic heterocycles. The summed E-state index contributed by atoms with van der Waals surface area (Å²) in [5.41, 5.74) is 1.58. The molecule has 0 heterocycles. The fraction of sp³-hybridized carbons (Fsp3) is 0.350. The van der Waals surface area contributed by atoms with E-state index in [2.05, 4.69) is 24.5 Å². The van der Waals surface area contributed by atoms with Crippen LogP contribution in [0.1, 0.15) is 20.3 Å². The second-order valence-corrected chi connectivity index (χ2v) is 6.19. The molecule has 5 nitrogen and oxygen atoms in total. The van der Waals surface area contributed by atoms with Gasteiger partial charge in [0.1, 0.15) is 11.5 Å². The number of carbonyl (C=O) groups excluding carboxylic acids is 1. The van der Waals surface area contributed by atoms with E-state index in [1.54, 1.807) is 13.2 Å². The third-order valence-electron chi connectivity index (χ3n) is 3.62. The van der Waals surface area contributed by atoms with Gasteiger partial charge in [-0.3, -0.25) is 4.79 Å². The summed E-state index contributed by atoms with van der Waals surface area (Å²) in [6, 6.07) is 14.9. The highest BCUT2D eigenvalue weighted by molar-refractivity contribution is 5.93. The monoisotopic (exact) mass is 342 g/mol. The van der Waals surface area contributed by atoms with Gasteiger partial charge < -0.3 is 20.1 Å². The molecule has 0 saturated heterocycles. The number of rotatable bonds is 9. The molecule has 5 heteroatoms. The molecule has 25 heavy (non-hydrogen) atoms. The zero-order valence-electron chi connectivity index (χ0n) is 15.0. The minimum absolute atomic E-state index is 0.120. The molecule has 0 aliphatic carbocycles. The van der Waals surface area contributed by atoms with Crippen molar-refractivity contribution < 1.29 is 14.3 Å². The van der Waals surface area contributed by atoms with Crippen molar-refractivity contribution in [2.45, 2.75) is 20.3 Å². The van der Waals surface area contributed by atoms with E-state index < -0.39 is 0 Å². The zero-order valence-corrected chi connectivity index (χ0v) is 15.0. The topological polar surface area (TPSA) is 59.6 Å². The van der Waals surface area contributed by atoms with Crippen molar-refractivity contribution in [2.24, 2.45) is 5.92 Å². The number of nitrogens with one attached hydrogen (secondary N) is 2. The van der Waals surface area contributed by atoms with Gasteiger partial charge in [-0.1, -0.05) is 19.9 Å². The average Bonchev–Trinajstić information content (AvgIpc) is 2.61. The molecule has 0 fully saturated rings. The highest BCUT2D eigenvalue weighted by atomic mass is 16.5. The van der Waals surface area contributed by atoms with Crippen LogP contribution in [-0.4, -0.2) is 26.2 Å². The van der Waals surface area contributed by atoms with Crippen LogP contribution in [0.25, 0.3) is 0 Å². The SMILES string of the molecule is COc1cccc(NC(=O)CNc2ccc(OCCC(C)C)cc2)c1. The van der Waals surface area contributed by atoms with Crippen molar-refractivity contribution in [3.8, 4) is 11.5 Å². The number of anilines is 2. The Labute approximate surface area is 149 Å². The fourth-order valence-corrected chi connectivity index (χ4v) is 2.17. The molecule has 0 unspecified atom stereocenters. The maximum absolute atomic E-state index is 12.0. The molecule has 0 spiro atoms. The van der Waals surface area contributed by atoms with E-state index in [-0.39, 0.29) is 12.5 Å². The van der Waals surface area contributed by atoms with E-state index in [0.29, 0.717) is 24.0 Å². The number of ether oxygens (including phenoxy) is 2. The Morgan fingerprint density at radius 1 is 1.04 bits per heavy atom. The van der Waals surface area contributed by atoms with Crippen LogP contribution in [0.15, 0.2) is 48.5 Å². The summed E-state index contributed by atoms with van der Waals surface area (Å²) in [6.07, 6.45) is 1.03. The molecular formula is C20H26N2O3. The molecular weight excluding hydrogens is 316 g/mol. The van der Waals surface area contributed by atoms with E-state index in [4.69, 9.17) is 9.47 Å². The van der Waals surface area contributed by atoms with E-state index in [1.165, 1.54) is 0 Å². The summed E-state index contributed by atoms with van der Waals surface area (Å²) in [7, 11) is 1.60. The van der Waals surface area contributed by atoms with Crippen LogP contribution in [0.3, 0.4) is 0 Å². The summed E-state index contributed by atoms with van der Waals surface area (Å²) >= 11 is 0. The molecule has 0 radical (unpaired) electrons. The first-order valence-corrected chi connectivity index (χ1v) is 8.47. The van der Waals surface area contributed by atoms with Gasteiger partial charge in [-0.05, 0) is 48.7 Å². The van der Waals surface area contributed by atoms with Crippen molar-refractivity contribution in [1.29, 1.82) is 0 Å².